The molecule has 0 fully saturated rings. The maximum absolute atomic E-state index is 12.3. The van der Waals surface area contributed by atoms with Gasteiger partial charge in [-0.1, -0.05) is 18.2 Å². The van der Waals surface area contributed by atoms with E-state index in [-0.39, 0.29) is 24.9 Å². The minimum absolute atomic E-state index is 0.137. The van der Waals surface area contributed by atoms with Gasteiger partial charge in [0, 0.05) is 24.7 Å². The summed E-state index contributed by atoms with van der Waals surface area (Å²) in [6.45, 7) is 1.53. The van der Waals surface area contributed by atoms with E-state index in [0.717, 1.165) is 5.56 Å². The van der Waals surface area contributed by atoms with Crippen LogP contribution >= 0.6 is 0 Å². The number of hydrogen-bond donors (Lipinski definition) is 1. The van der Waals surface area contributed by atoms with Gasteiger partial charge < -0.3 is 19.7 Å². The maximum atomic E-state index is 12.3. The first-order valence-corrected chi connectivity index (χ1v) is 8.31. The standard InChI is InChI=1S/C20H22N2O5/c1-14(23)22(17-10-8-15(9-11-17)20(25)27-3)13-19(24)21-12-16-6-4-5-7-18(16)26-2/h4-11H,12-13H2,1-3H3,(H,21,24). The highest BCUT2D eigenvalue weighted by Gasteiger charge is 2.17. The van der Waals surface area contributed by atoms with Gasteiger partial charge in [0.2, 0.25) is 11.8 Å². The summed E-state index contributed by atoms with van der Waals surface area (Å²) in [5.41, 5.74) is 1.72. The van der Waals surface area contributed by atoms with Crippen molar-refractivity contribution in [2.24, 2.45) is 0 Å². The van der Waals surface area contributed by atoms with Crippen LogP contribution in [0.15, 0.2) is 48.5 Å². The zero-order valence-corrected chi connectivity index (χ0v) is 15.5. The lowest BCUT2D eigenvalue weighted by molar-refractivity contribution is -0.123. The van der Waals surface area contributed by atoms with E-state index < -0.39 is 5.97 Å². The van der Waals surface area contributed by atoms with Crippen LogP contribution in [0.5, 0.6) is 5.75 Å². The first-order chi connectivity index (χ1) is 13.0. The van der Waals surface area contributed by atoms with Crippen molar-refractivity contribution in [1.29, 1.82) is 0 Å². The number of esters is 1. The molecule has 0 saturated carbocycles. The molecule has 0 atom stereocenters. The normalized spacial score (nSPS) is 10.0. The van der Waals surface area contributed by atoms with Crippen molar-refractivity contribution < 1.29 is 23.9 Å². The molecular formula is C20H22N2O5. The average molecular weight is 370 g/mol. The molecule has 2 amide bonds. The molecule has 142 valence electrons. The van der Waals surface area contributed by atoms with Crippen molar-refractivity contribution in [2.75, 3.05) is 25.7 Å². The molecule has 0 spiro atoms. The Hall–Kier alpha value is -3.35. The molecule has 0 unspecified atom stereocenters. The van der Waals surface area contributed by atoms with Crippen LogP contribution in [0.25, 0.3) is 0 Å². The Morgan fingerprint density at radius 3 is 2.26 bits per heavy atom. The summed E-state index contributed by atoms with van der Waals surface area (Å²) in [5, 5.41) is 2.78. The van der Waals surface area contributed by atoms with Gasteiger partial charge in [-0.05, 0) is 30.3 Å². The van der Waals surface area contributed by atoms with Crippen molar-refractivity contribution in [3.8, 4) is 5.75 Å². The van der Waals surface area contributed by atoms with Gasteiger partial charge in [-0.3, -0.25) is 9.59 Å². The van der Waals surface area contributed by atoms with E-state index in [1.165, 1.54) is 18.9 Å². The molecule has 27 heavy (non-hydrogen) atoms. The molecule has 0 bridgehead atoms. The number of carbonyl (C=O) groups excluding carboxylic acids is 3. The Kier molecular flexibility index (Phi) is 6.93. The van der Waals surface area contributed by atoms with Crippen molar-refractivity contribution in [1.82, 2.24) is 5.32 Å². The second-order valence-electron chi connectivity index (χ2n) is 5.73. The number of ether oxygens (including phenoxy) is 2. The summed E-state index contributed by atoms with van der Waals surface area (Å²) in [6, 6.07) is 13.7. The number of methoxy groups -OCH3 is 2. The summed E-state index contributed by atoms with van der Waals surface area (Å²) in [7, 11) is 2.86. The lowest BCUT2D eigenvalue weighted by Gasteiger charge is -2.21. The van der Waals surface area contributed by atoms with E-state index in [2.05, 4.69) is 10.1 Å². The molecule has 7 heteroatoms. The first kappa shape index (κ1) is 20.0. The number of carbonyl (C=O) groups is 3. The molecular weight excluding hydrogens is 348 g/mol. The third kappa shape index (κ3) is 5.31. The second-order valence-corrected chi connectivity index (χ2v) is 5.73. The molecule has 0 aliphatic carbocycles. The summed E-state index contributed by atoms with van der Waals surface area (Å²) in [5.74, 6) is -0.383. The fourth-order valence-corrected chi connectivity index (χ4v) is 2.52. The Bertz CT molecular complexity index is 817. The van der Waals surface area contributed by atoms with Gasteiger partial charge in [-0.25, -0.2) is 4.79 Å². The number of rotatable bonds is 7. The van der Waals surface area contributed by atoms with Crippen molar-refractivity contribution in [2.45, 2.75) is 13.5 Å². The quantitative estimate of drug-likeness (QED) is 0.755. The zero-order valence-electron chi connectivity index (χ0n) is 15.5. The minimum Gasteiger partial charge on any atom is -0.496 e. The monoisotopic (exact) mass is 370 g/mol. The number of amides is 2. The third-order valence-corrected chi connectivity index (χ3v) is 3.95. The molecule has 2 rings (SSSR count). The predicted octanol–water partition coefficient (Wildman–Crippen LogP) is 2.15. The topological polar surface area (TPSA) is 84.9 Å². The van der Waals surface area contributed by atoms with E-state index >= 15 is 0 Å². The minimum atomic E-state index is -0.467. The van der Waals surface area contributed by atoms with Gasteiger partial charge in [0.05, 0.1) is 19.8 Å². The van der Waals surface area contributed by atoms with Crippen LogP contribution in [0.4, 0.5) is 5.69 Å². The zero-order chi connectivity index (χ0) is 19.8. The molecule has 2 aromatic rings. The molecule has 2 aromatic carbocycles. The van der Waals surface area contributed by atoms with Crippen molar-refractivity contribution in [3.05, 3.63) is 59.7 Å². The predicted molar refractivity (Wildman–Crippen MR) is 101 cm³/mol. The summed E-state index contributed by atoms with van der Waals surface area (Å²) < 4.78 is 9.90. The van der Waals surface area contributed by atoms with Crippen molar-refractivity contribution in [3.63, 3.8) is 0 Å². The van der Waals surface area contributed by atoms with Gasteiger partial charge in [0.1, 0.15) is 12.3 Å². The van der Waals surface area contributed by atoms with E-state index in [1.54, 1.807) is 31.4 Å². The lowest BCUT2D eigenvalue weighted by atomic mass is 10.2. The molecule has 0 aliphatic heterocycles. The number of nitrogens with one attached hydrogen (secondary N) is 1. The fourth-order valence-electron chi connectivity index (χ4n) is 2.52. The molecule has 0 heterocycles. The van der Waals surface area contributed by atoms with Crippen LogP contribution in [-0.4, -0.2) is 38.5 Å². The Morgan fingerprint density at radius 1 is 1.00 bits per heavy atom. The number of anilines is 1. The lowest BCUT2D eigenvalue weighted by Crippen LogP contribution is -2.39. The fraction of sp³-hybridized carbons (Fsp3) is 0.250. The summed E-state index contributed by atoms with van der Waals surface area (Å²) >= 11 is 0. The number of para-hydroxylation sites is 1. The van der Waals surface area contributed by atoms with Crippen LogP contribution in [0.2, 0.25) is 0 Å². The number of hydrogen-bond acceptors (Lipinski definition) is 5. The van der Waals surface area contributed by atoms with Gasteiger partial charge in [-0.2, -0.15) is 0 Å². The Labute approximate surface area is 157 Å². The van der Waals surface area contributed by atoms with Crippen molar-refractivity contribution >= 4 is 23.5 Å². The van der Waals surface area contributed by atoms with Gasteiger partial charge in [0.25, 0.3) is 0 Å². The summed E-state index contributed by atoms with van der Waals surface area (Å²) in [6.07, 6.45) is 0. The largest absolute Gasteiger partial charge is 0.496 e. The highest BCUT2D eigenvalue weighted by atomic mass is 16.5. The van der Waals surface area contributed by atoms with Gasteiger partial charge in [-0.15, -0.1) is 0 Å². The highest BCUT2D eigenvalue weighted by Crippen LogP contribution is 2.18. The van der Waals surface area contributed by atoms with Crippen LogP contribution in [0.1, 0.15) is 22.8 Å². The summed E-state index contributed by atoms with van der Waals surface area (Å²) in [4.78, 5) is 37.1. The average Bonchev–Trinajstić information content (AvgIpc) is 2.70. The molecule has 0 saturated heterocycles. The van der Waals surface area contributed by atoms with E-state index in [4.69, 9.17) is 4.74 Å². The van der Waals surface area contributed by atoms with Crippen LogP contribution in [0, 0.1) is 0 Å². The van der Waals surface area contributed by atoms with Crippen LogP contribution in [0.3, 0.4) is 0 Å². The molecule has 7 nitrogen and oxygen atoms in total. The van der Waals surface area contributed by atoms with Gasteiger partial charge >= 0.3 is 5.97 Å². The first-order valence-electron chi connectivity index (χ1n) is 8.31. The SMILES string of the molecule is COC(=O)c1ccc(N(CC(=O)NCc2ccccc2OC)C(C)=O)cc1. The highest BCUT2D eigenvalue weighted by molar-refractivity contribution is 5.98. The van der Waals surface area contributed by atoms with Crippen LogP contribution in [-0.2, 0) is 20.9 Å². The van der Waals surface area contributed by atoms with Gasteiger partial charge in [0.15, 0.2) is 0 Å². The number of nitrogens with zero attached hydrogens (tertiary/aromatic N) is 1. The van der Waals surface area contributed by atoms with E-state index in [0.29, 0.717) is 17.0 Å². The van der Waals surface area contributed by atoms with E-state index in [9.17, 15) is 14.4 Å². The third-order valence-electron chi connectivity index (χ3n) is 3.95. The maximum Gasteiger partial charge on any atom is 0.337 e. The molecule has 0 aliphatic rings. The second kappa shape index (κ2) is 9.38. The van der Waals surface area contributed by atoms with Crippen LogP contribution < -0.4 is 15.0 Å². The molecule has 0 aromatic heterocycles. The smallest absolute Gasteiger partial charge is 0.337 e. The Balaban J connectivity index is 2.04. The van der Waals surface area contributed by atoms with E-state index in [1.807, 2.05) is 24.3 Å². The number of benzene rings is 2. The Morgan fingerprint density at radius 2 is 1.67 bits per heavy atom. The molecule has 1 N–H and O–H groups in total. The molecule has 0 radical (unpaired) electrons.